The van der Waals surface area contributed by atoms with Gasteiger partial charge >= 0.3 is 18.0 Å². The normalized spacial score (nSPS) is 18.9. The molecule has 19 nitrogen and oxygen atoms in total. The van der Waals surface area contributed by atoms with Gasteiger partial charge in [0, 0.05) is 55.1 Å². The van der Waals surface area contributed by atoms with Crippen LogP contribution in [0.5, 0.6) is 0 Å². The predicted molar refractivity (Wildman–Crippen MR) is 220 cm³/mol. The molecule has 6 atom stereocenters. The first-order valence-corrected chi connectivity index (χ1v) is 22.0. The van der Waals surface area contributed by atoms with Crippen LogP contribution in [0.15, 0.2) is 0 Å². The van der Waals surface area contributed by atoms with Gasteiger partial charge in [0.25, 0.3) is 0 Å². The molecule has 2 aliphatic heterocycles. The van der Waals surface area contributed by atoms with E-state index in [9.17, 15) is 38.4 Å². The first-order valence-electron chi connectivity index (χ1n) is 19.8. The van der Waals surface area contributed by atoms with E-state index in [0.717, 1.165) is 36.8 Å². The predicted octanol–water partition coefficient (Wildman–Crippen LogP) is -0.233. The Labute approximate surface area is 348 Å². The van der Waals surface area contributed by atoms with Crippen LogP contribution in [-0.2, 0) is 38.3 Å². The summed E-state index contributed by atoms with van der Waals surface area (Å²) in [6, 6.07) is -2.15. The molecule has 0 aliphatic carbocycles. The molecule has 7 amide bonds. The zero-order valence-corrected chi connectivity index (χ0v) is 35.7. The molecule has 0 aromatic carbocycles. The number of nitrogens with two attached hydrogens (primary N) is 1. The summed E-state index contributed by atoms with van der Waals surface area (Å²) in [6.07, 6.45) is 3.90. The number of urea groups is 1. The number of carbonyl (C=O) groups is 8. The number of nitrogens with one attached hydrogen (secondary N) is 7. The zero-order chi connectivity index (χ0) is 43.3. The standard InChI is InChI=1S/C37H64N8O11S2/c1-22(2)23(33(51)40-14-16-56-15-13-39-28(46)8-6-5-7-27-32-25(19-58-27)44-36(55)45-32)11-12-37(3,4)21-42-30(48)20-57-18-26(34(52)41-17-31(49)50)43-29(47)10-9-24(38)35(53)54/h22-27,32H,5-21,38H2,1-4H3,(H,39,46)(H,40,51)(H,41,52)(H,42,48)(H,43,47)(H,49,50)(H,53,54)(H2,44,45,55)/t23?,24?,25-,26?,27-,32-/m1/s1. The Morgan fingerprint density at radius 1 is 0.914 bits per heavy atom. The summed E-state index contributed by atoms with van der Waals surface area (Å²) in [4.78, 5) is 96.1. The van der Waals surface area contributed by atoms with Crippen LogP contribution in [0.25, 0.3) is 0 Å². The van der Waals surface area contributed by atoms with Crippen LogP contribution in [0.4, 0.5) is 4.79 Å². The maximum Gasteiger partial charge on any atom is 0.322 e. The van der Waals surface area contributed by atoms with Crippen LogP contribution in [0, 0.1) is 17.3 Å². The summed E-state index contributed by atoms with van der Waals surface area (Å²) in [7, 11) is 0. The lowest BCUT2D eigenvalue weighted by Crippen LogP contribution is -2.49. The smallest absolute Gasteiger partial charge is 0.322 e. The summed E-state index contributed by atoms with van der Waals surface area (Å²) in [5, 5.41) is 37.4. The highest BCUT2D eigenvalue weighted by molar-refractivity contribution is 8.00. The molecular formula is C37H64N8O11S2. The van der Waals surface area contributed by atoms with Crippen molar-refractivity contribution >= 4 is 71.0 Å². The number of hydrogen-bond acceptors (Lipinski definition) is 12. The fourth-order valence-electron chi connectivity index (χ4n) is 6.31. The van der Waals surface area contributed by atoms with Crippen molar-refractivity contribution in [2.24, 2.45) is 23.0 Å². The van der Waals surface area contributed by atoms with Gasteiger partial charge in [-0.05, 0) is 43.4 Å². The van der Waals surface area contributed by atoms with E-state index in [2.05, 4.69) is 37.2 Å². The number of aliphatic carboxylic acids is 2. The molecule has 2 aliphatic rings. The fourth-order valence-corrected chi connectivity index (χ4v) is 8.73. The zero-order valence-electron chi connectivity index (χ0n) is 34.0. The fraction of sp³-hybridized carbons (Fsp3) is 0.784. The van der Waals surface area contributed by atoms with Gasteiger partial charge in [0.05, 0.1) is 31.1 Å². The van der Waals surface area contributed by atoms with Crippen molar-refractivity contribution in [3.05, 3.63) is 0 Å². The number of fused-ring (bicyclic) bond motifs is 1. The van der Waals surface area contributed by atoms with E-state index in [0.29, 0.717) is 57.4 Å². The van der Waals surface area contributed by atoms with Crippen molar-refractivity contribution in [2.45, 2.75) is 108 Å². The molecule has 2 rings (SSSR count). The molecule has 0 bridgehead atoms. The molecule has 0 saturated carbocycles. The van der Waals surface area contributed by atoms with Crippen molar-refractivity contribution in [3.63, 3.8) is 0 Å². The van der Waals surface area contributed by atoms with Gasteiger partial charge in [0.2, 0.25) is 29.5 Å². The minimum Gasteiger partial charge on any atom is -0.480 e. The van der Waals surface area contributed by atoms with Crippen molar-refractivity contribution in [1.82, 2.24) is 37.2 Å². The topological polar surface area (TPSA) is 296 Å². The lowest BCUT2D eigenvalue weighted by molar-refractivity contribution is -0.139. The summed E-state index contributed by atoms with van der Waals surface area (Å²) in [5.74, 6) is -3.75. The summed E-state index contributed by atoms with van der Waals surface area (Å²) in [5.41, 5.74) is 5.08. The van der Waals surface area contributed by atoms with Gasteiger partial charge in [-0.1, -0.05) is 34.1 Å². The SMILES string of the molecule is CC(C)C(CCC(C)(C)CNC(=O)CSCC(NC(=O)CCC(N)C(=O)O)C(=O)NCC(=O)O)C(=O)NCCOCCNC(=O)CCCC[C@H]1SC[C@H]2NC(=O)N[C@H]21. The van der Waals surface area contributed by atoms with Gasteiger partial charge in [-0.2, -0.15) is 11.8 Å². The summed E-state index contributed by atoms with van der Waals surface area (Å²) in [6.45, 7) is 8.92. The Kier molecular flexibility index (Phi) is 22.8. The Hall–Kier alpha value is -3.82. The second-order valence-corrected chi connectivity index (χ2v) is 18.0. The third-order valence-corrected chi connectivity index (χ3v) is 12.4. The van der Waals surface area contributed by atoms with Gasteiger partial charge in [0.1, 0.15) is 18.6 Å². The minimum atomic E-state index is -1.28. The molecular weight excluding hydrogens is 797 g/mol. The second-order valence-electron chi connectivity index (χ2n) is 15.7. The minimum absolute atomic E-state index is 0.0290. The van der Waals surface area contributed by atoms with Crippen molar-refractivity contribution in [2.75, 3.05) is 56.7 Å². The molecule has 0 spiro atoms. The van der Waals surface area contributed by atoms with Crippen molar-refractivity contribution in [3.8, 4) is 0 Å². The van der Waals surface area contributed by atoms with Crippen LogP contribution in [-0.4, -0.2) is 144 Å². The molecule has 2 saturated heterocycles. The Balaban J connectivity index is 1.61. The number of rotatable bonds is 30. The molecule has 330 valence electrons. The summed E-state index contributed by atoms with van der Waals surface area (Å²) >= 11 is 2.92. The third kappa shape index (κ3) is 20.2. The number of ether oxygens (including phenoxy) is 1. The van der Waals surface area contributed by atoms with E-state index in [1.165, 1.54) is 0 Å². The number of carbonyl (C=O) groups excluding carboxylic acids is 6. The van der Waals surface area contributed by atoms with Crippen LogP contribution >= 0.6 is 23.5 Å². The highest BCUT2D eigenvalue weighted by Gasteiger charge is 2.42. The van der Waals surface area contributed by atoms with Crippen LogP contribution in [0.2, 0.25) is 0 Å². The quantitative estimate of drug-likeness (QED) is 0.0330. The van der Waals surface area contributed by atoms with Gasteiger partial charge in [-0.25, -0.2) is 4.79 Å². The Morgan fingerprint density at radius 2 is 1.62 bits per heavy atom. The van der Waals surface area contributed by atoms with E-state index in [1.54, 1.807) is 0 Å². The van der Waals surface area contributed by atoms with E-state index in [1.807, 2.05) is 39.5 Å². The van der Waals surface area contributed by atoms with Gasteiger partial charge < -0.3 is 57.9 Å². The van der Waals surface area contributed by atoms with Crippen LogP contribution < -0.4 is 43.0 Å². The highest BCUT2D eigenvalue weighted by atomic mass is 32.2. The molecule has 21 heteroatoms. The molecule has 2 fully saturated rings. The van der Waals surface area contributed by atoms with Crippen molar-refractivity contribution in [1.29, 1.82) is 0 Å². The highest BCUT2D eigenvalue weighted by Crippen LogP contribution is 2.33. The van der Waals surface area contributed by atoms with E-state index >= 15 is 0 Å². The maximum atomic E-state index is 13.0. The van der Waals surface area contributed by atoms with E-state index in [-0.39, 0.29) is 77.4 Å². The molecule has 2 heterocycles. The first-order chi connectivity index (χ1) is 27.4. The Bertz CT molecular complexity index is 1410. The largest absolute Gasteiger partial charge is 0.480 e. The van der Waals surface area contributed by atoms with Crippen LogP contribution in [0.1, 0.15) is 79.1 Å². The molecule has 58 heavy (non-hydrogen) atoms. The third-order valence-electron chi connectivity index (χ3n) is 9.82. The molecule has 11 N–H and O–H groups in total. The number of thioether (sulfide) groups is 2. The monoisotopic (exact) mass is 860 g/mol. The van der Waals surface area contributed by atoms with Gasteiger partial charge in [-0.15, -0.1) is 11.8 Å². The first kappa shape index (κ1) is 50.3. The lowest BCUT2D eigenvalue weighted by atomic mass is 9.81. The average molecular weight is 861 g/mol. The number of amides is 7. The second kappa shape index (κ2) is 26.3. The average Bonchev–Trinajstić information content (AvgIpc) is 3.71. The molecule has 0 aromatic heterocycles. The van der Waals surface area contributed by atoms with Gasteiger partial charge in [-0.3, -0.25) is 33.6 Å². The Morgan fingerprint density at radius 3 is 2.29 bits per heavy atom. The van der Waals surface area contributed by atoms with E-state index < -0.39 is 42.4 Å². The number of carboxylic acids is 2. The van der Waals surface area contributed by atoms with E-state index in [4.69, 9.17) is 20.7 Å². The number of hydrogen-bond donors (Lipinski definition) is 10. The van der Waals surface area contributed by atoms with Crippen LogP contribution in [0.3, 0.4) is 0 Å². The number of carboxylic acid groups (broad SMARTS) is 2. The summed E-state index contributed by atoms with van der Waals surface area (Å²) < 4.78 is 5.60. The lowest BCUT2D eigenvalue weighted by Gasteiger charge is -2.28. The van der Waals surface area contributed by atoms with Crippen molar-refractivity contribution < 1.29 is 53.3 Å². The maximum absolute atomic E-state index is 13.0. The molecule has 0 radical (unpaired) electrons. The molecule has 0 aromatic rings. The van der Waals surface area contributed by atoms with Gasteiger partial charge in [0.15, 0.2) is 0 Å². The molecule has 3 unspecified atom stereocenters. The number of unbranched alkanes of at least 4 members (excludes halogenated alkanes) is 1.